The monoisotopic (exact) mass is 304 g/mol. The van der Waals surface area contributed by atoms with Crippen LogP contribution >= 0.6 is 0 Å². The van der Waals surface area contributed by atoms with E-state index in [1.807, 2.05) is 42.3 Å². The third-order valence-corrected chi connectivity index (χ3v) is 3.69. The Morgan fingerprint density at radius 1 is 1.05 bits per heavy atom. The van der Waals surface area contributed by atoms with Crippen LogP contribution in [0, 0.1) is 0 Å². The number of rotatable bonds is 2. The normalized spacial score (nSPS) is 17.5. The van der Waals surface area contributed by atoms with Crippen molar-refractivity contribution in [3.8, 4) is 0 Å². The number of hydrogen-bond donors (Lipinski definition) is 0. The number of para-hydroxylation sites is 1. The van der Waals surface area contributed by atoms with E-state index in [1.54, 1.807) is 0 Å². The molecule has 2 nitrogen and oxygen atoms in total. The standard InChI is InChI=1S/C17H15F3N2/c1-12-21-16-5-3-2-4-14(16)11-22(12)10-13-6-8-15(9-7-13)17(18,19)20/h2-9,11-12H,10H2,1H3. The molecule has 114 valence electrons. The van der Waals surface area contributed by atoms with Crippen molar-refractivity contribution in [2.24, 2.45) is 4.99 Å². The van der Waals surface area contributed by atoms with Gasteiger partial charge in [-0.2, -0.15) is 13.2 Å². The molecular weight excluding hydrogens is 289 g/mol. The third-order valence-electron chi connectivity index (χ3n) is 3.69. The molecule has 5 heteroatoms. The molecule has 22 heavy (non-hydrogen) atoms. The van der Waals surface area contributed by atoms with E-state index in [0.29, 0.717) is 6.54 Å². The first-order valence-electron chi connectivity index (χ1n) is 7.00. The van der Waals surface area contributed by atoms with E-state index in [4.69, 9.17) is 0 Å². The fourth-order valence-electron chi connectivity index (χ4n) is 2.46. The van der Waals surface area contributed by atoms with Crippen molar-refractivity contribution >= 4 is 6.20 Å². The molecule has 3 rings (SSSR count). The molecule has 1 aliphatic heterocycles. The summed E-state index contributed by atoms with van der Waals surface area (Å²) < 4.78 is 37.7. The first kappa shape index (κ1) is 14.6. The number of halogens is 3. The molecule has 2 aromatic carbocycles. The molecule has 0 bridgehead atoms. The Kier molecular flexibility index (Phi) is 3.64. The molecule has 1 atom stereocenters. The van der Waals surface area contributed by atoms with Gasteiger partial charge in [-0.25, -0.2) is 0 Å². The minimum Gasteiger partial charge on any atom is -0.351 e. The van der Waals surface area contributed by atoms with Crippen molar-refractivity contribution in [1.82, 2.24) is 4.90 Å². The Morgan fingerprint density at radius 3 is 2.41 bits per heavy atom. The maximum Gasteiger partial charge on any atom is 0.416 e. The molecule has 1 heterocycles. The van der Waals surface area contributed by atoms with Crippen molar-refractivity contribution in [2.45, 2.75) is 25.8 Å². The molecule has 1 unspecified atom stereocenters. The number of nitrogens with zero attached hydrogens (tertiary/aromatic N) is 2. The maximum atomic E-state index is 12.6. The van der Waals surface area contributed by atoms with Crippen LogP contribution in [0.3, 0.4) is 0 Å². The predicted octanol–water partition coefficient (Wildman–Crippen LogP) is 2.92. The number of hydrogen-bond acceptors (Lipinski definition) is 2. The zero-order valence-corrected chi connectivity index (χ0v) is 12.0. The van der Waals surface area contributed by atoms with Gasteiger partial charge >= 0.3 is 6.18 Å². The molecule has 0 N–H and O–H groups in total. The lowest BCUT2D eigenvalue weighted by molar-refractivity contribution is -0.137. The van der Waals surface area contributed by atoms with Crippen molar-refractivity contribution in [3.63, 3.8) is 0 Å². The summed E-state index contributed by atoms with van der Waals surface area (Å²) in [6, 6.07) is 13.1. The van der Waals surface area contributed by atoms with Gasteiger partial charge in [0.1, 0.15) is 6.17 Å². The van der Waals surface area contributed by atoms with Gasteiger partial charge in [0.25, 0.3) is 0 Å². The number of alkyl halides is 3. The zero-order chi connectivity index (χ0) is 15.7. The lowest BCUT2D eigenvalue weighted by atomic mass is 10.1. The van der Waals surface area contributed by atoms with Crippen LogP contribution in [0.5, 0.6) is 0 Å². The van der Waals surface area contributed by atoms with Crippen LogP contribution in [0.2, 0.25) is 0 Å². The second-order valence-electron chi connectivity index (χ2n) is 5.32. The van der Waals surface area contributed by atoms with Crippen molar-refractivity contribution in [2.75, 3.05) is 0 Å². The predicted molar refractivity (Wildman–Crippen MR) is 78.1 cm³/mol. The number of benzene rings is 2. The fraction of sp³-hybridized carbons (Fsp3) is 0.235. The topological polar surface area (TPSA) is 15.6 Å². The second-order valence-corrected chi connectivity index (χ2v) is 5.32. The molecule has 0 saturated carbocycles. The average molecular weight is 304 g/mol. The highest BCUT2D eigenvalue weighted by Gasteiger charge is 2.30. The van der Waals surface area contributed by atoms with Crippen LogP contribution in [-0.2, 0) is 12.7 Å². The highest BCUT2D eigenvalue weighted by Crippen LogP contribution is 2.29. The Hall–Kier alpha value is -2.30. The minimum atomic E-state index is -4.29. The van der Waals surface area contributed by atoms with Gasteiger partial charge in [-0.05, 0) is 30.7 Å². The van der Waals surface area contributed by atoms with E-state index in [-0.39, 0.29) is 6.17 Å². The van der Waals surface area contributed by atoms with Gasteiger partial charge in [-0.15, -0.1) is 0 Å². The van der Waals surface area contributed by atoms with Crippen LogP contribution in [0.25, 0.3) is 6.20 Å². The molecule has 0 amide bonds. The molecule has 0 aliphatic carbocycles. The van der Waals surface area contributed by atoms with Gasteiger partial charge in [-0.3, -0.25) is 4.99 Å². The third kappa shape index (κ3) is 2.98. The van der Waals surface area contributed by atoms with Crippen molar-refractivity contribution < 1.29 is 13.2 Å². The second kappa shape index (κ2) is 5.48. The van der Waals surface area contributed by atoms with E-state index in [2.05, 4.69) is 4.99 Å². The Labute approximate surface area is 126 Å². The summed E-state index contributed by atoms with van der Waals surface area (Å²) in [6.45, 7) is 2.49. The summed E-state index contributed by atoms with van der Waals surface area (Å²) in [5.41, 5.74) is 0.202. The lowest BCUT2D eigenvalue weighted by Gasteiger charge is -2.27. The molecule has 2 aromatic rings. The summed E-state index contributed by atoms with van der Waals surface area (Å²) in [4.78, 5) is 6.61. The molecule has 0 aromatic heterocycles. The highest BCUT2D eigenvalue weighted by atomic mass is 19.4. The van der Waals surface area contributed by atoms with Gasteiger partial charge in [0.2, 0.25) is 0 Å². The summed E-state index contributed by atoms with van der Waals surface area (Å²) in [7, 11) is 0. The molecule has 1 aliphatic rings. The molecule has 0 saturated heterocycles. The quantitative estimate of drug-likeness (QED) is 0.833. The maximum absolute atomic E-state index is 12.6. The van der Waals surface area contributed by atoms with Gasteiger partial charge in [0, 0.05) is 18.0 Å². The summed E-state index contributed by atoms with van der Waals surface area (Å²) in [5.74, 6) is 0. The Balaban J connectivity index is 1.83. The molecule has 0 spiro atoms. The largest absolute Gasteiger partial charge is 0.416 e. The van der Waals surface area contributed by atoms with Gasteiger partial charge in [0.05, 0.1) is 10.9 Å². The summed E-state index contributed by atoms with van der Waals surface area (Å²) in [5, 5.41) is 1.96. The smallest absolute Gasteiger partial charge is 0.351 e. The van der Waals surface area contributed by atoms with Gasteiger partial charge in [-0.1, -0.05) is 30.3 Å². The van der Waals surface area contributed by atoms with Gasteiger partial charge < -0.3 is 4.90 Å². The van der Waals surface area contributed by atoms with Crippen LogP contribution in [0.4, 0.5) is 13.2 Å². The molecule has 0 radical (unpaired) electrons. The first-order valence-corrected chi connectivity index (χ1v) is 7.00. The van der Waals surface area contributed by atoms with Gasteiger partial charge in [0.15, 0.2) is 0 Å². The minimum absolute atomic E-state index is 0.0443. The highest BCUT2D eigenvalue weighted by molar-refractivity contribution is 5.29. The number of fused-ring (bicyclic) bond motifs is 1. The summed E-state index contributed by atoms with van der Waals surface area (Å²) >= 11 is 0. The van der Waals surface area contributed by atoms with E-state index in [1.165, 1.54) is 12.1 Å². The lowest BCUT2D eigenvalue weighted by Crippen LogP contribution is -2.40. The SMILES string of the molecule is CC1N=c2ccccc2=CN1Cc1ccc(C(F)(F)F)cc1. The van der Waals surface area contributed by atoms with E-state index >= 15 is 0 Å². The van der Waals surface area contributed by atoms with E-state index < -0.39 is 11.7 Å². The summed E-state index contributed by atoms with van der Waals surface area (Å²) in [6.07, 6.45) is -2.33. The fourth-order valence-corrected chi connectivity index (χ4v) is 2.46. The van der Waals surface area contributed by atoms with Crippen LogP contribution in [-0.4, -0.2) is 11.1 Å². The zero-order valence-electron chi connectivity index (χ0n) is 12.0. The van der Waals surface area contributed by atoms with Crippen molar-refractivity contribution in [1.29, 1.82) is 0 Å². The molecular formula is C17H15F3N2. The van der Waals surface area contributed by atoms with E-state index in [9.17, 15) is 13.2 Å². The van der Waals surface area contributed by atoms with Crippen LogP contribution in [0.15, 0.2) is 53.5 Å². The van der Waals surface area contributed by atoms with Crippen LogP contribution < -0.4 is 10.6 Å². The van der Waals surface area contributed by atoms with Crippen LogP contribution in [0.1, 0.15) is 18.1 Å². The first-order chi connectivity index (χ1) is 10.4. The Morgan fingerprint density at radius 2 is 1.73 bits per heavy atom. The average Bonchev–Trinajstić information content (AvgIpc) is 2.48. The Bertz CT molecular complexity index is 779. The van der Waals surface area contributed by atoms with E-state index in [0.717, 1.165) is 28.3 Å². The molecule has 0 fully saturated rings. The van der Waals surface area contributed by atoms with Crippen molar-refractivity contribution in [3.05, 3.63) is 70.2 Å².